The van der Waals surface area contributed by atoms with Crippen LogP contribution in [0.2, 0.25) is 0 Å². The number of nitrogens with one attached hydrogen (secondary N) is 1. The fraction of sp³-hybridized carbons (Fsp3) is 0.409. The minimum atomic E-state index is -4.37. The van der Waals surface area contributed by atoms with Gasteiger partial charge in [-0.25, -0.2) is 0 Å². The van der Waals surface area contributed by atoms with E-state index in [0.29, 0.717) is 56.3 Å². The van der Waals surface area contributed by atoms with Crippen molar-refractivity contribution in [2.45, 2.75) is 18.8 Å². The molecule has 1 fully saturated rings. The molecule has 0 spiro atoms. The molecule has 0 aliphatic carbocycles. The van der Waals surface area contributed by atoms with Crippen LogP contribution in [0.3, 0.4) is 0 Å². The van der Waals surface area contributed by atoms with Crippen LogP contribution in [0.5, 0.6) is 5.75 Å². The molecule has 0 bridgehead atoms. The van der Waals surface area contributed by atoms with Crippen LogP contribution in [0, 0.1) is 4.91 Å². The molecular formula is C22H24F3N4O3+. The highest BCUT2D eigenvalue weighted by molar-refractivity contribution is 5.78. The van der Waals surface area contributed by atoms with E-state index in [1.807, 2.05) is 9.80 Å². The molecule has 10 heteroatoms. The minimum absolute atomic E-state index is 0.162. The molecule has 2 aromatic carbocycles. The predicted octanol–water partition coefficient (Wildman–Crippen LogP) is 3.16. The Morgan fingerprint density at radius 1 is 1.09 bits per heavy atom. The molecule has 170 valence electrons. The second-order valence-corrected chi connectivity index (χ2v) is 7.82. The fourth-order valence-corrected chi connectivity index (χ4v) is 3.90. The minimum Gasteiger partial charge on any atom is -0.423 e. The Balaban J connectivity index is 1.19. The zero-order valence-corrected chi connectivity index (χ0v) is 17.3. The second-order valence-electron chi connectivity index (χ2n) is 7.82. The quantitative estimate of drug-likeness (QED) is 0.687. The van der Waals surface area contributed by atoms with Crippen LogP contribution in [-0.4, -0.2) is 61.1 Å². The first-order valence-corrected chi connectivity index (χ1v) is 10.4. The van der Waals surface area contributed by atoms with Gasteiger partial charge in [-0.1, -0.05) is 18.2 Å². The first-order chi connectivity index (χ1) is 15.3. The number of halogens is 3. The molecule has 1 unspecified atom stereocenters. The van der Waals surface area contributed by atoms with Gasteiger partial charge in [-0.3, -0.25) is 9.69 Å². The van der Waals surface area contributed by atoms with E-state index in [2.05, 4.69) is 5.32 Å². The topological polar surface area (TPSA) is 64.9 Å². The van der Waals surface area contributed by atoms with Crippen LogP contribution < -0.4 is 15.0 Å². The summed E-state index contributed by atoms with van der Waals surface area (Å²) in [5.41, 5.74) is 0.355. The van der Waals surface area contributed by atoms with Gasteiger partial charge < -0.3 is 15.0 Å². The van der Waals surface area contributed by atoms with E-state index in [0.717, 1.165) is 16.9 Å². The lowest BCUT2D eigenvalue weighted by atomic mass is 10.1. The number of nitroso groups, excluding NO2 is 1. The standard InChI is InChI=1S/C22H23F3N4O3/c23-22(24,25)16-4-3-5-17(14-16)28-12-10-27(11-13-28)15-20(30)26-9-8-21-29(31)18-6-1-2-7-19(18)32-21/h1-7,14,21H,8-13,15H2/p+1. The van der Waals surface area contributed by atoms with Crippen LogP contribution in [-0.2, 0) is 11.0 Å². The van der Waals surface area contributed by atoms with Gasteiger partial charge in [0.15, 0.2) is 0 Å². The van der Waals surface area contributed by atoms with Gasteiger partial charge in [0, 0.05) is 49.4 Å². The SMILES string of the molecule is O=C(CN1CCN(c2cccc(C(F)(F)F)c2)CC1)NCCC1Oc2ccccc2[N+]1=O. The van der Waals surface area contributed by atoms with E-state index in [1.165, 1.54) is 6.07 Å². The van der Waals surface area contributed by atoms with Crippen LogP contribution in [0.4, 0.5) is 24.5 Å². The summed E-state index contributed by atoms with van der Waals surface area (Å²) < 4.78 is 45.2. The smallest absolute Gasteiger partial charge is 0.416 e. The number of rotatable bonds is 6. The molecule has 1 N–H and O–H groups in total. The number of carbonyl (C=O) groups is 1. The summed E-state index contributed by atoms with van der Waals surface area (Å²) in [5.74, 6) is 0.378. The summed E-state index contributed by atoms with van der Waals surface area (Å²) in [4.78, 5) is 28.3. The van der Waals surface area contributed by atoms with Crippen molar-refractivity contribution >= 4 is 17.3 Å². The van der Waals surface area contributed by atoms with Crippen LogP contribution in [0.1, 0.15) is 12.0 Å². The number of anilines is 1. The number of hydrogen-bond donors (Lipinski definition) is 1. The maximum Gasteiger partial charge on any atom is 0.416 e. The van der Waals surface area contributed by atoms with Gasteiger partial charge in [0.1, 0.15) is 0 Å². The summed E-state index contributed by atoms with van der Waals surface area (Å²) in [5, 5.41) is 2.81. The Hall–Kier alpha value is -3.14. The van der Waals surface area contributed by atoms with Crippen molar-refractivity contribution in [2.24, 2.45) is 0 Å². The van der Waals surface area contributed by atoms with Gasteiger partial charge in [-0.2, -0.15) is 13.2 Å². The number of carbonyl (C=O) groups excluding carboxylic acids is 1. The number of amides is 1. The number of alkyl halides is 3. The number of hydrogen-bond acceptors (Lipinski definition) is 5. The summed E-state index contributed by atoms with van der Waals surface area (Å²) >= 11 is 0. The lowest BCUT2D eigenvalue weighted by Gasteiger charge is -2.36. The first-order valence-electron chi connectivity index (χ1n) is 10.4. The number of fused-ring (bicyclic) bond motifs is 1. The molecule has 1 saturated heterocycles. The molecule has 1 amide bonds. The summed E-state index contributed by atoms with van der Waals surface area (Å²) in [6.07, 6.45) is -4.68. The maximum absolute atomic E-state index is 12.9. The molecule has 7 nitrogen and oxygen atoms in total. The van der Waals surface area contributed by atoms with Crippen molar-refractivity contribution in [2.75, 3.05) is 44.2 Å². The average molecular weight is 449 g/mol. The van der Waals surface area contributed by atoms with E-state index in [9.17, 15) is 22.9 Å². The van der Waals surface area contributed by atoms with Crippen LogP contribution in [0.25, 0.3) is 0 Å². The number of piperazine rings is 1. The molecule has 2 aliphatic heterocycles. The molecule has 0 aromatic heterocycles. The lowest BCUT2D eigenvalue weighted by molar-refractivity contribution is -0.529. The third-order valence-corrected chi connectivity index (χ3v) is 5.62. The van der Waals surface area contributed by atoms with Gasteiger partial charge in [0.05, 0.1) is 23.3 Å². The first kappa shape index (κ1) is 22.1. The molecular weight excluding hydrogens is 425 g/mol. The third-order valence-electron chi connectivity index (χ3n) is 5.62. The van der Waals surface area contributed by atoms with Crippen molar-refractivity contribution in [3.63, 3.8) is 0 Å². The molecule has 2 aromatic rings. The van der Waals surface area contributed by atoms with Crippen LogP contribution >= 0.6 is 0 Å². The van der Waals surface area contributed by atoms with Gasteiger partial charge in [0.25, 0.3) is 0 Å². The Morgan fingerprint density at radius 2 is 1.84 bits per heavy atom. The second kappa shape index (κ2) is 9.15. The van der Waals surface area contributed by atoms with E-state index in [1.54, 1.807) is 30.3 Å². The molecule has 1 atom stereocenters. The predicted molar refractivity (Wildman–Crippen MR) is 112 cm³/mol. The number of ether oxygens (including phenoxy) is 1. The Labute approximate surface area is 183 Å². The van der Waals surface area contributed by atoms with Gasteiger partial charge in [-0.05, 0) is 24.3 Å². The summed E-state index contributed by atoms with van der Waals surface area (Å²) in [6, 6.07) is 12.3. The highest BCUT2D eigenvalue weighted by Crippen LogP contribution is 2.35. The zero-order valence-electron chi connectivity index (χ0n) is 17.3. The monoisotopic (exact) mass is 449 g/mol. The van der Waals surface area contributed by atoms with Gasteiger partial charge in [-0.15, -0.1) is 0 Å². The van der Waals surface area contributed by atoms with E-state index in [4.69, 9.17) is 4.74 Å². The Morgan fingerprint density at radius 3 is 2.56 bits per heavy atom. The Kier molecular flexibility index (Phi) is 6.31. The van der Waals surface area contributed by atoms with Crippen molar-refractivity contribution in [3.05, 3.63) is 59.0 Å². The maximum atomic E-state index is 12.9. The van der Waals surface area contributed by atoms with Crippen molar-refractivity contribution in [1.82, 2.24) is 10.2 Å². The third kappa shape index (κ3) is 5.01. The molecule has 32 heavy (non-hydrogen) atoms. The normalized spacial score (nSPS) is 18.9. The van der Waals surface area contributed by atoms with E-state index >= 15 is 0 Å². The molecule has 2 aliphatic rings. The van der Waals surface area contributed by atoms with E-state index < -0.39 is 18.0 Å². The molecule has 2 heterocycles. The van der Waals surface area contributed by atoms with Crippen molar-refractivity contribution in [1.29, 1.82) is 0 Å². The largest absolute Gasteiger partial charge is 0.423 e. The fourth-order valence-electron chi connectivity index (χ4n) is 3.90. The lowest BCUT2D eigenvalue weighted by Crippen LogP contribution is -2.49. The summed E-state index contributed by atoms with van der Waals surface area (Å²) in [7, 11) is 0. The highest BCUT2D eigenvalue weighted by atomic mass is 19.4. The molecule has 0 saturated carbocycles. The number of para-hydroxylation sites is 2. The average Bonchev–Trinajstić information content (AvgIpc) is 3.09. The summed E-state index contributed by atoms with van der Waals surface area (Å²) in [6.45, 7) is 2.71. The number of benzene rings is 2. The number of nitrogens with zero attached hydrogens (tertiary/aromatic N) is 3. The van der Waals surface area contributed by atoms with E-state index in [-0.39, 0.29) is 12.5 Å². The van der Waals surface area contributed by atoms with Crippen molar-refractivity contribution < 1.29 is 27.5 Å². The zero-order chi connectivity index (χ0) is 22.7. The highest BCUT2D eigenvalue weighted by Gasteiger charge is 2.40. The van der Waals surface area contributed by atoms with Crippen LogP contribution in [0.15, 0.2) is 48.5 Å². The van der Waals surface area contributed by atoms with Gasteiger partial charge in [0.2, 0.25) is 11.7 Å². The van der Waals surface area contributed by atoms with Gasteiger partial charge >= 0.3 is 18.1 Å². The molecule has 4 rings (SSSR count). The van der Waals surface area contributed by atoms with Crippen molar-refractivity contribution in [3.8, 4) is 5.75 Å². The molecule has 0 radical (unpaired) electrons. The Bertz CT molecular complexity index is 990.